The third-order valence-corrected chi connectivity index (χ3v) is 3.08. The first-order valence-electron chi connectivity index (χ1n) is 7.15. The zero-order valence-corrected chi connectivity index (χ0v) is 12.5. The van der Waals surface area contributed by atoms with Crippen LogP contribution in [0.3, 0.4) is 0 Å². The molecule has 0 bridgehead atoms. The average Bonchev–Trinajstić information content (AvgIpc) is 2.34. The summed E-state index contributed by atoms with van der Waals surface area (Å²) in [6.45, 7) is 4.67. The van der Waals surface area contributed by atoms with Crippen LogP contribution in [0.4, 0.5) is 9.18 Å². The summed E-state index contributed by atoms with van der Waals surface area (Å²) in [7, 11) is 0. The Hall–Kier alpha value is -0.880. The van der Waals surface area contributed by atoms with E-state index in [1.165, 1.54) is 0 Å². The van der Waals surface area contributed by atoms with E-state index in [0.29, 0.717) is 12.8 Å². The number of amides is 1. The highest BCUT2D eigenvalue weighted by Crippen LogP contribution is 2.21. The molecule has 0 spiro atoms. The summed E-state index contributed by atoms with van der Waals surface area (Å²) in [5.74, 6) is 0. The number of carbonyl (C=O) groups excluding carboxylic acids is 1. The van der Waals surface area contributed by atoms with E-state index in [1.54, 1.807) is 20.8 Å². The first-order valence-corrected chi connectivity index (χ1v) is 7.15. The lowest BCUT2D eigenvalue weighted by Crippen LogP contribution is -2.43. The number of alkyl carbamates (subject to hydrolysis) is 1. The van der Waals surface area contributed by atoms with Gasteiger partial charge in [0.05, 0.1) is 24.9 Å². The van der Waals surface area contributed by atoms with Crippen LogP contribution in [-0.4, -0.2) is 48.3 Å². The molecule has 1 rings (SSSR count). The molecule has 0 aromatic heterocycles. The van der Waals surface area contributed by atoms with E-state index >= 15 is 0 Å². The zero-order chi connectivity index (χ0) is 15.2. The van der Waals surface area contributed by atoms with Gasteiger partial charge in [-0.25, -0.2) is 9.18 Å². The molecule has 1 aliphatic carbocycles. The lowest BCUT2D eigenvalue weighted by molar-refractivity contribution is -0.0157. The Morgan fingerprint density at radius 2 is 1.95 bits per heavy atom. The van der Waals surface area contributed by atoms with Crippen molar-refractivity contribution >= 4 is 6.09 Å². The van der Waals surface area contributed by atoms with Gasteiger partial charge in [0, 0.05) is 0 Å². The molecule has 2 N–H and O–H groups in total. The van der Waals surface area contributed by atoms with Crippen molar-refractivity contribution in [2.24, 2.45) is 0 Å². The van der Waals surface area contributed by atoms with E-state index in [9.17, 15) is 14.3 Å². The molecule has 0 radical (unpaired) electrons. The molecule has 0 saturated heterocycles. The van der Waals surface area contributed by atoms with Crippen LogP contribution < -0.4 is 5.32 Å². The normalized spacial score (nSPS) is 25.1. The summed E-state index contributed by atoms with van der Waals surface area (Å²) < 4.78 is 23.5. The highest BCUT2D eigenvalue weighted by Gasteiger charge is 2.23. The minimum atomic E-state index is -0.700. The Morgan fingerprint density at radius 1 is 1.35 bits per heavy atom. The fourth-order valence-corrected chi connectivity index (χ4v) is 2.06. The summed E-state index contributed by atoms with van der Waals surface area (Å²) in [6, 6.07) is -0.698. The second kappa shape index (κ2) is 7.78. The summed E-state index contributed by atoms with van der Waals surface area (Å²) >= 11 is 0. The molecule has 0 aromatic carbocycles. The van der Waals surface area contributed by atoms with Gasteiger partial charge in [-0.1, -0.05) is 0 Å². The van der Waals surface area contributed by atoms with Gasteiger partial charge in [-0.2, -0.15) is 0 Å². The molecular weight excluding hydrogens is 265 g/mol. The van der Waals surface area contributed by atoms with Crippen LogP contribution in [0.5, 0.6) is 0 Å². The van der Waals surface area contributed by atoms with E-state index in [1.807, 2.05) is 0 Å². The minimum absolute atomic E-state index is 0.0351. The molecule has 1 aliphatic rings. The fraction of sp³-hybridized carbons (Fsp3) is 0.929. The van der Waals surface area contributed by atoms with Crippen molar-refractivity contribution in [3.8, 4) is 0 Å². The van der Waals surface area contributed by atoms with Crippen molar-refractivity contribution in [3.05, 3.63) is 0 Å². The van der Waals surface area contributed by atoms with Gasteiger partial charge in [-0.05, 0) is 46.5 Å². The third-order valence-electron chi connectivity index (χ3n) is 3.08. The molecule has 0 aliphatic heterocycles. The van der Waals surface area contributed by atoms with Crippen LogP contribution in [0.25, 0.3) is 0 Å². The second-order valence-corrected chi connectivity index (χ2v) is 6.26. The highest BCUT2D eigenvalue weighted by atomic mass is 19.1. The number of nitrogens with one attached hydrogen (secondary N) is 1. The van der Waals surface area contributed by atoms with Gasteiger partial charge in [-0.3, -0.25) is 0 Å². The second-order valence-electron chi connectivity index (χ2n) is 6.26. The lowest BCUT2D eigenvalue weighted by atomic mass is 9.95. The lowest BCUT2D eigenvalue weighted by Gasteiger charge is -2.27. The number of rotatable bonds is 5. The maximum atomic E-state index is 12.9. The molecule has 0 heterocycles. The molecule has 0 aromatic rings. The van der Waals surface area contributed by atoms with Crippen LogP contribution >= 0.6 is 0 Å². The molecule has 1 saturated carbocycles. The highest BCUT2D eigenvalue weighted by molar-refractivity contribution is 5.68. The van der Waals surface area contributed by atoms with Crippen LogP contribution in [0, 0.1) is 0 Å². The predicted octanol–water partition coefficient (Wildman–Crippen LogP) is 2.17. The first-order chi connectivity index (χ1) is 9.30. The van der Waals surface area contributed by atoms with Gasteiger partial charge in [-0.15, -0.1) is 0 Å². The molecule has 6 heteroatoms. The Bertz CT molecular complexity index is 298. The number of aliphatic hydroxyl groups excluding tert-OH is 1. The molecule has 5 nitrogen and oxygen atoms in total. The van der Waals surface area contributed by atoms with Gasteiger partial charge < -0.3 is 19.9 Å². The summed E-state index contributed by atoms with van der Waals surface area (Å²) in [5, 5.41) is 11.8. The summed E-state index contributed by atoms with van der Waals surface area (Å²) in [5.41, 5.74) is -0.606. The van der Waals surface area contributed by atoms with E-state index in [-0.39, 0.29) is 18.8 Å². The van der Waals surface area contributed by atoms with Crippen LogP contribution in [0.1, 0.15) is 46.5 Å². The molecule has 20 heavy (non-hydrogen) atoms. The van der Waals surface area contributed by atoms with Crippen molar-refractivity contribution in [3.63, 3.8) is 0 Å². The van der Waals surface area contributed by atoms with Crippen LogP contribution in [0.15, 0.2) is 0 Å². The monoisotopic (exact) mass is 291 g/mol. The Kier molecular flexibility index (Phi) is 6.68. The van der Waals surface area contributed by atoms with Gasteiger partial charge in [0.25, 0.3) is 0 Å². The van der Waals surface area contributed by atoms with Gasteiger partial charge in [0.1, 0.15) is 12.3 Å². The van der Waals surface area contributed by atoms with E-state index in [4.69, 9.17) is 9.47 Å². The SMILES string of the molecule is CC(C)(C)OC(=O)N[C@@H](CF)CO[C@H]1CC[C@H](O)CC1. The van der Waals surface area contributed by atoms with E-state index in [2.05, 4.69) is 5.32 Å². The van der Waals surface area contributed by atoms with Gasteiger partial charge in [0.15, 0.2) is 0 Å². The Morgan fingerprint density at radius 3 is 2.45 bits per heavy atom. The standard InChI is InChI=1S/C14H26FNO4/c1-14(2,3)20-13(18)16-10(8-15)9-19-12-6-4-11(17)5-7-12/h10-12,17H,4-9H2,1-3H3,(H,16,18)/t10-,11-,12-/m0/s1. The summed E-state index contributed by atoms with van der Waals surface area (Å²) in [6.07, 6.45) is 2.12. The molecule has 0 unspecified atom stereocenters. The van der Waals surface area contributed by atoms with Crippen molar-refractivity contribution in [1.82, 2.24) is 5.32 Å². The predicted molar refractivity (Wildman–Crippen MR) is 73.3 cm³/mol. The number of alkyl halides is 1. The van der Waals surface area contributed by atoms with Crippen LogP contribution in [0.2, 0.25) is 0 Å². The minimum Gasteiger partial charge on any atom is -0.444 e. The van der Waals surface area contributed by atoms with Crippen molar-refractivity contribution in [2.75, 3.05) is 13.3 Å². The van der Waals surface area contributed by atoms with Crippen molar-refractivity contribution in [1.29, 1.82) is 0 Å². The largest absolute Gasteiger partial charge is 0.444 e. The molecule has 1 fully saturated rings. The third kappa shape index (κ3) is 7.05. The average molecular weight is 291 g/mol. The topological polar surface area (TPSA) is 67.8 Å². The molecule has 118 valence electrons. The smallest absolute Gasteiger partial charge is 0.408 e. The number of ether oxygens (including phenoxy) is 2. The zero-order valence-electron chi connectivity index (χ0n) is 12.5. The quantitative estimate of drug-likeness (QED) is 0.814. The van der Waals surface area contributed by atoms with Crippen molar-refractivity contribution < 1.29 is 23.8 Å². The number of hydrogen-bond donors (Lipinski definition) is 2. The first kappa shape index (κ1) is 17.2. The number of hydrogen-bond acceptors (Lipinski definition) is 4. The number of carbonyl (C=O) groups is 1. The summed E-state index contributed by atoms with van der Waals surface area (Å²) in [4.78, 5) is 11.5. The number of aliphatic hydroxyl groups is 1. The van der Waals surface area contributed by atoms with E-state index < -0.39 is 24.4 Å². The van der Waals surface area contributed by atoms with Crippen LogP contribution in [-0.2, 0) is 9.47 Å². The fourth-order valence-electron chi connectivity index (χ4n) is 2.06. The van der Waals surface area contributed by atoms with E-state index in [0.717, 1.165) is 12.8 Å². The Labute approximate surface area is 119 Å². The van der Waals surface area contributed by atoms with Gasteiger partial charge >= 0.3 is 6.09 Å². The van der Waals surface area contributed by atoms with Crippen molar-refractivity contribution in [2.45, 2.75) is 70.3 Å². The molecule has 1 atom stereocenters. The Balaban J connectivity index is 2.27. The maximum absolute atomic E-state index is 12.9. The molecular formula is C14H26FNO4. The number of halogens is 1. The maximum Gasteiger partial charge on any atom is 0.408 e. The van der Waals surface area contributed by atoms with Gasteiger partial charge in [0.2, 0.25) is 0 Å². The molecule has 1 amide bonds.